The number of halogens is 1. The van der Waals surface area contributed by atoms with Crippen LogP contribution in [0, 0.1) is 18.3 Å². The highest BCUT2D eigenvalue weighted by Crippen LogP contribution is 2.24. The molecule has 2 N–H and O–H groups in total. The zero-order valence-electron chi connectivity index (χ0n) is 17.3. The number of nitrogens with zero attached hydrogens (tertiary/aromatic N) is 1. The Balaban J connectivity index is 1.70. The van der Waals surface area contributed by atoms with Crippen molar-refractivity contribution < 1.29 is 14.3 Å². The lowest BCUT2D eigenvalue weighted by Crippen LogP contribution is -2.20. The molecule has 0 radical (unpaired) electrons. The minimum Gasteiger partial charge on any atom is -0.483 e. The van der Waals surface area contributed by atoms with Gasteiger partial charge in [-0.1, -0.05) is 59.6 Å². The molecule has 6 nitrogen and oxygen atoms in total. The number of para-hydroxylation sites is 2. The van der Waals surface area contributed by atoms with Crippen molar-refractivity contribution in [3.8, 4) is 11.8 Å². The number of nitrogens with one attached hydrogen (secondary N) is 2. The van der Waals surface area contributed by atoms with Crippen molar-refractivity contribution >= 4 is 40.9 Å². The number of benzene rings is 3. The Bertz CT molecular complexity index is 1200. The van der Waals surface area contributed by atoms with E-state index in [-0.39, 0.29) is 18.1 Å². The fraction of sp³-hybridized carbons (Fsp3) is 0.0800. The van der Waals surface area contributed by atoms with Crippen LogP contribution in [0.3, 0.4) is 0 Å². The highest BCUT2D eigenvalue weighted by molar-refractivity contribution is 6.34. The first kappa shape index (κ1) is 22.6. The molecular weight excluding hydrogens is 426 g/mol. The first-order valence-electron chi connectivity index (χ1n) is 9.72. The van der Waals surface area contributed by atoms with Crippen molar-refractivity contribution in [2.75, 3.05) is 17.2 Å². The average Bonchev–Trinajstić information content (AvgIpc) is 2.79. The summed E-state index contributed by atoms with van der Waals surface area (Å²) >= 11 is 6.06. The molecule has 7 heteroatoms. The van der Waals surface area contributed by atoms with Gasteiger partial charge in [-0.05, 0) is 43.3 Å². The van der Waals surface area contributed by atoms with Gasteiger partial charge in [0, 0.05) is 11.3 Å². The number of amides is 2. The summed E-state index contributed by atoms with van der Waals surface area (Å²) < 4.78 is 5.64. The normalized spacial score (nSPS) is 10.7. The maximum atomic E-state index is 12.5. The molecule has 0 aromatic heterocycles. The van der Waals surface area contributed by atoms with E-state index < -0.39 is 5.91 Å². The molecule has 0 spiro atoms. The number of anilines is 2. The van der Waals surface area contributed by atoms with E-state index in [0.717, 1.165) is 5.56 Å². The summed E-state index contributed by atoms with van der Waals surface area (Å²) in [5, 5.41) is 15.2. The Kier molecular flexibility index (Phi) is 7.63. The molecule has 160 valence electrons. The van der Waals surface area contributed by atoms with Gasteiger partial charge in [0.05, 0.1) is 10.7 Å². The van der Waals surface area contributed by atoms with Crippen molar-refractivity contribution in [1.29, 1.82) is 5.26 Å². The molecule has 0 atom stereocenters. The lowest BCUT2D eigenvalue weighted by Gasteiger charge is -2.11. The van der Waals surface area contributed by atoms with Crippen LogP contribution in [0.1, 0.15) is 11.1 Å². The Morgan fingerprint density at radius 1 is 1.00 bits per heavy atom. The predicted octanol–water partition coefficient (Wildman–Crippen LogP) is 5.21. The molecule has 0 heterocycles. The van der Waals surface area contributed by atoms with Gasteiger partial charge in [-0.25, -0.2) is 0 Å². The molecule has 3 rings (SSSR count). The molecule has 0 aliphatic carbocycles. The number of hydrogen-bond acceptors (Lipinski definition) is 4. The van der Waals surface area contributed by atoms with Gasteiger partial charge >= 0.3 is 0 Å². The van der Waals surface area contributed by atoms with E-state index in [1.165, 1.54) is 6.08 Å². The molecule has 3 aromatic rings. The van der Waals surface area contributed by atoms with Crippen molar-refractivity contribution in [2.24, 2.45) is 0 Å². The van der Waals surface area contributed by atoms with E-state index >= 15 is 0 Å². The number of nitriles is 1. The maximum Gasteiger partial charge on any atom is 0.266 e. The lowest BCUT2D eigenvalue weighted by molar-refractivity contribution is -0.118. The molecule has 0 saturated carbocycles. The largest absolute Gasteiger partial charge is 0.483 e. The minimum atomic E-state index is -0.604. The van der Waals surface area contributed by atoms with Gasteiger partial charge in [-0.2, -0.15) is 5.26 Å². The third-order valence-corrected chi connectivity index (χ3v) is 4.73. The van der Waals surface area contributed by atoms with Crippen LogP contribution >= 0.6 is 11.6 Å². The van der Waals surface area contributed by atoms with Gasteiger partial charge in [-0.15, -0.1) is 0 Å². The summed E-state index contributed by atoms with van der Waals surface area (Å²) in [7, 11) is 0. The minimum absolute atomic E-state index is 0.134. The summed E-state index contributed by atoms with van der Waals surface area (Å²) in [6.45, 7) is 1.73. The van der Waals surface area contributed by atoms with Gasteiger partial charge < -0.3 is 15.4 Å². The van der Waals surface area contributed by atoms with E-state index in [4.69, 9.17) is 16.3 Å². The molecule has 32 heavy (non-hydrogen) atoms. The highest BCUT2D eigenvalue weighted by atomic mass is 35.5. The number of carbonyl (C=O) groups is 2. The van der Waals surface area contributed by atoms with Crippen molar-refractivity contribution in [2.45, 2.75) is 6.92 Å². The number of hydrogen-bond donors (Lipinski definition) is 2. The standard InChI is InChI=1S/C25H20ClN3O3/c1-17-10-12-20(13-11-17)28-24(30)16-32-23-9-5-2-6-18(23)14-19(15-27)25(31)29-22-8-4-3-7-21(22)26/h2-14H,16H2,1H3,(H,28,30)(H,29,31)/b19-14+. The predicted molar refractivity (Wildman–Crippen MR) is 125 cm³/mol. The van der Waals surface area contributed by atoms with Crippen LogP contribution in [0.2, 0.25) is 5.02 Å². The van der Waals surface area contributed by atoms with E-state index in [0.29, 0.717) is 27.7 Å². The monoisotopic (exact) mass is 445 g/mol. The second-order valence-electron chi connectivity index (χ2n) is 6.84. The Morgan fingerprint density at radius 3 is 2.41 bits per heavy atom. The lowest BCUT2D eigenvalue weighted by atomic mass is 10.1. The first-order valence-corrected chi connectivity index (χ1v) is 10.1. The van der Waals surface area contributed by atoms with Crippen LogP contribution in [0.25, 0.3) is 6.08 Å². The molecule has 0 aliphatic heterocycles. The van der Waals surface area contributed by atoms with E-state index in [1.54, 1.807) is 60.7 Å². The van der Waals surface area contributed by atoms with Crippen LogP contribution in [0.5, 0.6) is 5.75 Å². The molecule has 2 amide bonds. The summed E-state index contributed by atoms with van der Waals surface area (Å²) in [6.07, 6.45) is 1.40. The molecule has 3 aromatic carbocycles. The molecule has 0 aliphatic rings. The molecule has 0 saturated heterocycles. The fourth-order valence-corrected chi connectivity index (χ4v) is 2.95. The number of carbonyl (C=O) groups excluding carboxylic acids is 2. The number of rotatable bonds is 7. The topological polar surface area (TPSA) is 91.2 Å². The third kappa shape index (κ3) is 6.21. The van der Waals surface area contributed by atoms with Crippen molar-refractivity contribution in [1.82, 2.24) is 0 Å². The van der Waals surface area contributed by atoms with Crippen molar-refractivity contribution in [3.63, 3.8) is 0 Å². The van der Waals surface area contributed by atoms with Gasteiger partial charge in [0.15, 0.2) is 6.61 Å². The third-order valence-electron chi connectivity index (χ3n) is 4.40. The molecule has 0 fully saturated rings. The van der Waals surface area contributed by atoms with Gasteiger partial charge in [0.2, 0.25) is 0 Å². The van der Waals surface area contributed by atoms with Crippen LogP contribution in [0.15, 0.2) is 78.4 Å². The van der Waals surface area contributed by atoms with E-state index in [1.807, 2.05) is 25.1 Å². The van der Waals surface area contributed by atoms with E-state index in [2.05, 4.69) is 10.6 Å². The summed E-state index contributed by atoms with van der Waals surface area (Å²) in [5.41, 5.74) is 2.51. The molecular formula is C25H20ClN3O3. The molecule has 0 unspecified atom stereocenters. The first-order chi connectivity index (χ1) is 15.5. The van der Waals surface area contributed by atoms with Gasteiger partial charge in [-0.3, -0.25) is 9.59 Å². The zero-order valence-corrected chi connectivity index (χ0v) is 18.0. The highest BCUT2D eigenvalue weighted by Gasteiger charge is 2.13. The summed E-state index contributed by atoms with van der Waals surface area (Å²) in [6, 6.07) is 22.9. The summed E-state index contributed by atoms with van der Waals surface area (Å²) in [5.74, 6) is -0.568. The van der Waals surface area contributed by atoms with Gasteiger partial charge in [0.25, 0.3) is 11.8 Å². The number of aryl methyl sites for hydroxylation is 1. The Labute approximate surface area is 191 Å². The SMILES string of the molecule is Cc1ccc(NC(=O)COc2ccccc2/C=C(\C#N)C(=O)Nc2ccccc2Cl)cc1. The Morgan fingerprint density at radius 2 is 1.69 bits per heavy atom. The van der Waals surface area contributed by atoms with Crippen LogP contribution in [-0.4, -0.2) is 18.4 Å². The summed E-state index contributed by atoms with van der Waals surface area (Å²) in [4.78, 5) is 24.8. The quantitative estimate of drug-likeness (QED) is 0.385. The second kappa shape index (κ2) is 10.8. The van der Waals surface area contributed by atoms with Crippen LogP contribution in [-0.2, 0) is 9.59 Å². The number of ether oxygens (including phenoxy) is 1. The smallest absolute Gasteiger partial charge is 0.266 e. The zero-order chi connectivity index (χ0) is 22.9. The van der Waals surface area contributed by atoms with E-state index in [9.17, 15) is 14.9 Å². The van der Waals surface area contributed by atoms with Crippen molar-refractivity contribution in [3.05, 3.63) is 94.5 Å². The van der Waals surface area contributed by atoms with Crippen LogP contribution < -0.4 is 15.4 Å². The molecule has 0 bridgehead atoms. The maximum absolute atomic E-state index is 12.5. The fourth-order valence-electron chi connectivity index (χ4n) is 2.76. The van der Waals surface area contributed by atoms with Gasteiger partial charge in [0.1, 0.15) is 17.4 Å². The Hall–Kier alpha value is -4.08. The van der Waals surface area contributed by atoms with Crippen LogP contribution in [0.4, 0.5) is 11.4 Å². The average molecular weight is 446 g/mol. The second-order valence-corrected chi connectivity index (χ2v) is 7.25.